The molecule has 0 aliphatic heterocycles. The van der Waals surface area contributed by atoms with Gasteiger partial charge in [0.15, 0.2) is 6.61 Å². The summed E-state index contributed by atoms with van der Waals surface area (Å²) >= 11 is 6.13. The van der Waals surface area contributed by atoms with Gasteiger partial charge in [-0.3, -0.25) is 4.79 Å². The number of carbonyl (C=O) groups excluding carboxylic acids is 1. The Kier molecular flexibility index (Phi) is 6.69. The van der Waals surface area contributed by atoms with Crippen molar-refractivity contribution in [2.24, 2.45) is 0 Å². The Bertz CT molecular complexity index is 1160. The summed E-state index contributed by atoms with van der Waals surface area (Å²) in [6.45, 7) is -1.48. The van der Waals surface area contributed by atoms with Crippen LogP contribution in [0, 0.1) is 5.82 Å². The fourth-order valence-corrected chi connectivity index (χ4v) is 3.09. The molecule has 0 fully saturated rings. The number of carboxylic acid groups (broad SMARTS) is 1. The molecule has 3 rings (SSSR count). The van der Waals surface area contributed by atoms with Gasteiger partial charge in [0.25, 0.3) is 5.91 Å². The lowest BCUT2D eigenvalue weighted by atomic mass is 10.0. The summed E-state index contributed by atoms with van der Waals surface area (Å²) in [5, 5.41) is 11.3. The van der Waals surface area contributed by atoms with E-state index in [2.05, 4.69) is 5.32 Å². The zero-order valence-electron chi connectivity index (χ0n) is 16.0. The van der Waals surface area contributed by atoms with Gasteiger partial charge in [0.2, 0.25) is 0 Å². The maximum absolute atomic E-state index is 14.7. The van der Waals surface area contributed by atoms with E-state index in [1.165, 1.54) is 54.6 Å². The molecule has 0 saturated carbocycles. The van der Waals surface area contributed by atoms with Gasteiger partial charge < -0.3 is 15.2 Å². The quantitative estimate of drug-likeness (QED) is 0.433. The van der Waals surface area contributed by atoms with Crippen LogP contribution >= 0.6 is 11.6 Å². The number of nitrogens with one attached hydrogen (secondary N) is 1. The smallest absolute Gasteiger partial charge is 0.422 e. The lowest BCUT2D eigenvalue weighted by Gasteiger charge is -2.13. The van der Waals surface area contributed by atoms with Gasteiger partial charge in [-0.2, -0.15) is 13.2 Å². The summed E-state index contributed by atoms with van der Waals surface area (Å²) in [6, 6.07) is 13.3. The number of benzene rings is 3. The minimum Gasteiger partial charge on any atom is -0.484 e. The molecular formula is C22H14ClF4NO4. The lowest BCUT2D eigenvalue weighted by molar-refractivity contribution is -0.153. The van der Waals surface area contributed by atoms with Gasteiger partial charge in [-0.1, -0.05) is 35.9 Å². The third-order valence-corrected chi connectivity index (χ3v) is 4.55. The Labute approximate surface area is 184 Å². The predicted molar refractivity (Wildman–Crippen MR) is 110 cm³/mol. The van der Waals surface area contributed by atoms with Crippen molar-refractivity contribution in [2.75, 3.05) is 11.9 Å². The molecule has 1 amide bonds. The number of aromatic carboxylic acids is 1. The maximum atomic E-state index is 14.7. The molecule has 0 radical (unpaired) electrons. The van der Waals surface area contributed by atoms with Gasteiger partial charge in [0.1, 0.15) is 11.6 Å². The standard InChI is InChI=1S/C22H14ClF4NO4/c23-17-9-13(12-4-3-5-14(8-12)32-11-22(25,26)27)10-18(24)19(17)28-20(29)15-6-1-2-7-16(15)21(30)31/h1-10H,11H2,(H,28,29)(H,30,31). The number of carboxylic acids is 1. The molecule has 32 heavy (non-hydrogen) atoms. The number of alkyl halides is 3. The number of hydrogen-bond donors (Lipinski definition) is 2. The van der Waals surface area contributed by atoms with E-state index in [1.807, 2.05) is 0 Å². The fourth-order valence-electron chi connectivity index (χ4n) is 2.84. The molecule has 3 aromatic carbocycles. The van der Waals surface area contributed by atoms with E-state index in [0.717, 1.165) is 6.07 Å². The molecule has 0 saturated heterocycles. The van der Waals surface area contributed by atoms with Crippen LogP contribution in [0.2, 0.25) is 5.02 Å². The van der Waals surface area contributed by atoms with Crippen molar-refractivity contribution in [1.29, 1.82) is 0 Å². The predicted octanol–water partition coefficient (Wildman–Crippen LogP) is 6.04. The molecule has 5 nitrogen and oxygen atoms in total. The van der Waals surface area contributed by atoms with E-state index in [9.17, 15) is 32.3 Å². The average molecular weight is 468 g/mol. The Morgan fingerprint density at radius 1 is 0.969 bits per heavy atom. The third-order valence-electron chi connectivity index (χ3n) is 4.25. The highest BCUT2D eigenvalue weighted by atomic mass is 35.5. The van der Waals surface area contributed by atoms with Crippen molar-refractivity contribution in [1.82, 2.24) is 0 Å². The van der Waals surface area contributed by atoms with Gasteiger partial charge in [0, 0.05) is 0 Å². The first kappa shape index (κ1) is 23.1. The minimum absolute atomic E-state index is 0.0704. The highest BCUT2D eigenvalue weighted by molar-refractivity contribution is 6.34. The first-order valence-electron chi connectivity index (χ1n) is 8.98. The van der Waals surface area contributed by atoms with Crippen LogP contribution in [0.3, 0.4) is 0 Å². The number of hydrogen-bond acceptors (Lipinski definition) is 3. The van der Waals surface area contributed by atoms with Crippen molar-refractivity contribution in [3.63, 3.8) is 0 Å². The number of ether oxygens (including phenoxy) is 1. The second-order valence-corrected chi connectivity index (χ2v) is 6.96. The van der Waals surface area contributed by atoms with Gasteiger partial charge in [0.05, 0.1) is 21.8 Å². The Morgan fingerprint density at radius 3 is 2.28 bits per heavy atom. The van der Waals surface area contributed by atoms with Crippen molar-refractivity contribution in [2.45, 2.75) is 6.18 Å². The summed E-state index contributed by atoms with van der Waals surface area (Å²) in [6.07, 6.45) is -4.51. The molecule has 0 bridgehead atoms. The molecule has 0 unspecified atom stereocenters. The summed E-state index contributed by atoms with van der Waals surface area (Å²) < 4.78 is 56.5. The summed E-state index contributed by atoms with van der Waals surface area (Å²) in [7, 11) is 0. The van der Waals surface area contributed by atoms with Crippen LogP contribution in [0.5, 0.6) is 5.75 Å². The molecule has 166 valence electrons. The molecule has 0 atom stereocenters. The van der Waals surface area contributed by atoms with Crippen LogP contribution in [0.4, 0.5) is 23.2 Å². The Morgan fingerprint density at radius 2 is 1.66 bits per heavy atom. The van der Waals surface area contributed by atoms with Crippen LogP contribution in [-0.4, -0.2) is 29.8 Å². The minimum atomic E-state index is -4.51. The highest BCUT2D eigenvalue weighted by Gasteiger charge is 2.28. The van der Waals surface area contributed by atoms with Gasteiger partial charge in [-0.05, 0) is 47.5 Å². The number of rotatable bonds is 6. The van der Waals surface area contributed by atoms with Crippen molar-refractivity contribution >= 4 is 29.2 Å². The monoisotopic (exact) mass is 467 g/mol. The zero-order valence-corrected chi connectivity index (χ0v) is 16.8. The molecule has 0 aromatic heterocycles. The normalized spacial score (nSPS) is 11.2. The topological polar surface area (TPSA) is 75.6 Å². The molecule has 0 aliphatic rings. The first-order valence-corrected chi connectivity index (χ1v) is 9.35. The van der Waals surface area contributed by atoms with Crippen molar-refractivity contribution in [3.05, 3.63) is 82.6 Å². The van der Waals surface area contributed by atoms with Gasteiger partial charge in [-0.25, -0.2) is 9.18 Å². The fraction of sp³-hybridized carbons (Fsp3) is 0.0909. The van der Waals surface area contributed by atoms with E-state index in [1.54, 1.807) is 0 Å². The molecular weight excluding hydrogens is 454 g/mol. The highest BCUT2D eigenvalue weighted by Crippen LogP contribution is 2.33. The van der Waals surface area contributed by atoms with E-state index in [0.29, 0.717) is 5.56 Å². The largest absolute Gasteiger partial charge is 0.484 e. The second kappa shape index (κ2) is 9.27. The second-order valence-electron chi connectivity index (χ2n) is 6.55. The van der Waals surface area contributed by atoms with Crippen LogP contribution in [-0.2, 0) is 0 Å². The number of carbonyl (C=O) groups is 2. The van der Waals surface area contributed by atoms with Crippen LogP contribution in [0.15, 0.2) is 60.7 Å². The molecule has 0 heterocycles. The molecule has 3 aromatic rings. The first-order chi connectivity index (χ1) is 15.0. The molecule has 0 spiro atoms. The Balaban J connectivity index is 1.86. The number of amides is 1. The van der Waals surface area contributed by atoms with Crippen LogP contribution in [0.25, 0.3) is 11.1 Å². The van der Waals surface area contributed by atoms with Gasteiger partial charge in [-0.15, -0.1) is 0 Å². The summed E-state index contributed by atoms with van der Waals surface area (Å²) in [5.74, 6) is -3.20. The van der Waals surface area contributed by atoms with Crippen molar-refractivity contribution < 1.29 is 37.0 Å². The van der Waals surface area contributed by atoms with Gasteiger partial charge >= 0.3 is 12.1 Å². The molecule has 10 heteroatoms. The number of halogens is 5. The summed E-state index contributed by atoms with van der Waals surface area (Å²) in [5.41, 5.74) is -0.263. The maximum Gasteiger partial charge on any atom is 0.422 e. The van der Waals surface area contributed by atoms with E-state index < -0.39 is 30.5 Å². The van der Waals surface area contributed by atoms with E-state index in [4.69, 9.17) is 16.3 Å². The molecule has 0 aliphatic carbocycles. The Hall–Kier alpha value is -3.59. The van der Waals surface area contributed by atoms with E-state index >= 15 is 0 Å². The third kappa shape index (κ3) is 5.55. The lowest BCUT2D eigenvalue weighted by Crippen LogP contribution is -2.19. The number of anilines is 1. The molecule has 2 N–H and O–H groups in total. The average Bonchev–Trinajstić information content (AvgIpc) is 2.74. The van der Waals surface area contributed by atoms with E-state index in [-0.39, 0.29) is 33.1 Å². The van der Waals surface area contributed by atoms with Crippen LogP contribution in [0.1, 0.15) is 20.7 Å². The van der Waals surface area contributed by atoms with Crippen molar-refractivity contribution in [3.8, 4) is 16.9 Å². The van der Waals surface area contributed by atoms with Crippen LogP contribution < -0.4 is 10.1 Å². The summed E-state index contributed by atoms with van der Waals surface area (Å²) in [4.78, 5) is 23.8. The SMILES string of the molecule is O=C(O)c1ccccc1C(=O)Nc1c(F)cc(-c2cccc(OCC(F)(F)F)c2)cc1Cl. The zero-order chi connectivity index (χ0) is 23.5.